The van der Waals surface area contributed by atoms with Gasteiger partial charge in [0.05, 0.1) is 5.39 Å². The van der Waals surface area contributed by atoms with Crippen LogP contribution < -0.4 is 4.90 Å². The molecule has 0 atom stereocenters. The van der Waals surface area contributed by atoms with E-state index < -0.39 is 0 Å². The maximum atomic E-state index is 4.68. The molecule has 4 nitrogen and oxygen atoms in total. The normalized spacial score (nSPS) is 10.6. The Balaban J connectivity index is 0.000000433. The molecule has 3 rings (SSSR count). The number of aromatic nitrogens is 3. The summed E-state index contributed by atoms with van der Waals surface area (Å²) in [6.07, 6.45) is 0. The number of nitrogens with zero attached hydrogens (tertiary/aromatic N) is 3. The molecule has 0 fully saturated rings. The predicted octanol–water partition coefficient (Wildman–Crippen LogP) is 5.65. The van der Waals surface area contributed by atoms with E-state index in [1.165, 1.54) is 0 Å². The Morgan fingerprint density at radius 3 is 2.22 bits per heavy atom. The number of nitrogens with one attached hydrogen (secondary N) is 1. The number of anilines is 1. The van der Waals surface area contributed by atoms with Gasteiger partial charge in [0, 0.05) is 25.4 Å². The molecule has 0 aliphatic rings. The van der Waals surface area contributed by atoms with Gasteiger partial charge < -0.3 is 9.88 Å². The minimum absolute atomic E-state index is 0.278. The standard InChI is InChI=1S/C15H16N4.3HI.V/c1-10-9-12-14(16-10)17-13(18-15(12)19(2)3)11-7-5-4-6-8-11;;;;/h4-9H,1-3H3,(H,16,17,18);3*1H;/q;;;;+3/p-3. The molecule has 0 bridgehead atoms. The van der Waals surface area contributed by atoms with Crippen molar-refractivity contribution in [2.24, 2.45) is 0 Å². The molecule has 8 heteroatoms. The monoisotopic (exact) mass is 684 g/mol. The number of hydrogen-bond donors (Lipinski definition) is 1. The third-order valence-electron chi connectivity index (χ3n) is 3.06. The Morgan fingerprint density at radius 1 is 1.04 bits per heavy atom. The fourth-order valence-electron chi connectivity index (χ4n) is 2.18. The van der Waals surface area contributed by atoms with Gasteiger partial charge in [0.2, 0.25) is 0 Å². The fraction of sp³-hybridized carbons (Fsp3) is 0.200. The van der Waals surface area contributed by atoms with E-state index in [2.05, 4.69) is 81.0 Å². The van der Waals surface area contributed by atoms with Crippen molar-refractivity contribution in [1.29, 1.82) is 0 Å². The van der Waals surface area contributed by atoms with Crippen molar-refractivity contribution in [2.75, 3.05) is 19.0 Å². The zero-order valence-corrected chi connectivity index (χ0v) is 20.8. The van der Waals surface area contributed by atoms with Crippen molar-refractivity contribution in [3.8, 4) is 11.4 Å². The van der Waals surface area contributed by atoms with E-state index in [4.69, 9.17) is 0 Å². The zero-order valence-electron chi connectivity index (χ0n) is 12.9. The summed E-state index contributed by atoms with van der Waals surface area (Å²) < 4.78 is 0. The maximum absolute atomic E-state index is 4.68. The number of halogens is 3. The molecule has 0 spiro atoms. The van der Waals surface area contributed by atoms with Gasteiger partial charge in [-0.25, -0.2) is 9.97 Å². The first-order valence-corrected chi connectivity index (χ1v) is 20.3. The van der Waals surface area contributed by atoms with Crippen molar-refractivity contribution in [2.45, 2.75) is 6.92 Å². The van der Waals surface area contributed by atoms with Crippen LogP contribution in [0.15, 0.2) is 36.4 Å². The van der Waals surface area contributed by atoms with E-state index in [1.807, 2.05) is 56.3 Å². The van der Waals surface area contributed by atoms with Crippen LogP contribution in [0.5, 0.6) is 0 Å². The third-order valence-corrected chi connectivity index (χ3v) is 3.06. The molecule has 0 unspecified atom stereocenters. The van der Waals surface area contributed by atoms with Gasteiger partial charge in [-0.3, -0.25) is 0 Å². The molecule has 3 aromatic rings. The van der Waals surface area contributed by atoms with E-state index in [0.717, 1.165) is 33.9 Å². The first-order valence-electron chi connectivity index (χ1n) is 6.76. The van der Waals surface area contributed by atoms with E-state index >= 15 is 0 Å². The number of H-pyrrole nitrogens is 1. The van der Waals surface area contributed by atoms with Crippen molar-refractivity contribution in [1.82, 2.24) is 15.0 Å². The van der Waals surface area contributed by atoms with E-state index in [9.17, 15) is 0 Å². The van der Waals surface area contributed by atoms with Gasteiger partial charge in [-0.1, -0.05) is 30.3 Å². The SMILES string of the molecule is Cc1cc2c(N(C)C)nc(-c3ccccc3)nc2[nH]1.[I][V]([I])[I]. The number of benzene rings is 1. The summed E-state index contributed by atoms with van der Waals surface area (Å²) in [7, 11) is 4.00. The topological polar surface area (TPSA) is 44.8 Å². The van der Waals surface area contributed by atoms with Gasteiger partial charge in [0.15, 0.2) is 5.82 Å². The summed E-state index contributed by atoms with van der Waals surface area (Å²) in [5, 5.41) is 1.06. The molecule has 0 aliphatic carbocycles. The van der Waals surface area contributed by atoms with Gasteiger partial charge in [-0.15, -0.1) is 0 Å². The molecule has 0 radical (unpaired) electrons. The second kappa shape index (κ2) is 9.21. The van der Waals surface area contributed by atoms with Crippen LogP contribution in [0.2, 0.25) is 0 Å². The molecule has 0 saturated carbocycles. The van der Waals surface area contributed by atoms with Crippen molar-refractivity contribution < 1.29 is 4.92 Å². The second-order valence-electron chi connectivity index (χ2n) is 5.04. The van der Waals surface area contributed by atoms with Crippen LogP contribution in [0.1, 0.15) is 5.69 Å². The molecule has 0 amide bonds. The summed E-state index contributed by atoms with van der Waals surface area (Å²) in [6.45, 7) is 2.03. The summed E-state index contributed by atoms with van der Waals surface area (Å²) in [5.74, 6) is 1.69. The van der Waals surface area contributed by atoms with Gasteiger partial charge in [0.1, 0.15) is 11.5 Å². The van der Waals surface area contributed by atoms with Crippen molar-refractivity contribution >= 4 is 76.8 Å². The van der Waals surface area contributed by atoms with Gasteiger partial charge in [0.25, 0.3) is 0 Å². The van der Waals surface area contributed by atoms with E-state index in [0.29, 0.717) is 0 Å². The predicted molar refractivity (Wildman–Crippen MR) is 120 cm³/mol. The van der Waals surface area contributed by atoms with E-state index in [1.54, 1.807) is 0 Å². The second-order valence-corrected chi connectivity index (χ2v) is 40.4. The number of fused-ring (bicyclic) bond motifs is 1. The number of hydrogen-bond acceptors (Lipinski definition) is 3. The van der Waals surface area contributed by atoms with Gasteiger partial charge in [-0.05, 0) is 13.0 Å². The Kier molecular flexibility index (Phi) is 7.90. The third kappa shape index (κ3) is 5.72. The number of rotatable bonds is 2. The molecular formula is C15H16I3N4V. The van der Waals surface area contributed by atoms with Crippen LogP contribution in [0.4, 0.5) is 5.82 Å². The molecule has 122 valence electrons. The number of aromatic amines is 1. The summed E-state index contributed by atoms with van der Waals surface area (Å²) in [4.78, 5) is 14.3. The molecule has 1 N–H and O–H groups in total. The molecule has 0 saturated heterocycles. The quantitative estimate of drug-likeness (QED) is 0.355. The first kappa shape index (κ1) is 19.7. The van der Waals surface area contributed by atoms with Crippen molar-refractivity contribution in [3.05, 3.63) is 42.1 Å². The summed E-state index contributed by atoms with van der Waals surface area (Å²) >= 11 is 7.39. The van der Waals surface area contributed by atoms with Crippen LogP contribution in [-0.4, -0.2) is 29.0 Å². The Hall–Kier alpha value is 0.414. The average Bonchev–Trinajstić information content (AvgIpc) is 2.86. The fourth-order valence-corrected chi connectivity index (χ4v) is 2.18. The van der Waals surface area contributed by atoms with Crippen LogP contribution in [0, 0.1) is 6.92 Å². The summed E-state index contributed by atoms with van der Waals surface area (Å²) in [6, 6.07) is 12.1. The van der Waals surface area contributed by atoms with Crippen molar-refractivity contribution in [3.63, 3.8) is 0 Å². The molecular weight excluding hydrogens is 668 g/mol. The van der Waals surface area contributed by atoms with E-state index in [-0.39, 0.29) is 4.92 Å². The van der Waals surface area contributed by atoms with Crippen LogP contribution in [0.3, 0.4) is 0 Å². The summed E-state index contributed by atoms with van der Waals surface area (Å²) in [5.41, 5.74) is 3.01. The molecule has 0 aliphatic heterocycles. The average molecular weight is 684 g/mol. The molecule has 23 heavy (non-hydrogen) atoms. The Labute approximate surface area is 173 Å². The first-order chi connectivity index (χ1) is 10.9. The minimum atomic E-state index is -0.278. The van der Waals surface area contributed by atoms with Crippen LogP contribution in [0.25, 0.3) is 22.4 Å². The number of aryl methyl sites for hydroxylation is 1. The zero-order chi connectivity index (χ0) is 17.0. The van der Waals surface area contributed by atoms with Gasteiger partial charge in [-0.2, -0.15) is 0 Å². The molecule has 2 heterocycles. The van der Waals surface area contributed by atoms with Gasteiger partial charge >= 0.3 is 64.9 Å². The molecule has 1 aromatic carbocycles. The Bertz CT molecular complexity index is 772. The van der Waals surface area contributed by atoms with Crippen LogP contribution >= 0.6 is 59.9 Å². The Morgan fingerprint density at radius 2 is 1.65 bits per heavy atom. The molecule has 2 aromatic heterocycles. The van der Waals surface area contributed by atoms with Crippen LogP contribution in [-0.2, 0) is 4.92 Å².